The van der Waals surface area contributed by atoms with Gasteiger partial charge in [0.1, 0.15) is 0 Å². The van der Waals surface area contributed by atoms with Crippen LogP contribution in [0.2, 0.25) is 0 Å². The number of pyridine rings is 3. The van der Waals surface area contributed by atoms with Crippen LogP contribution in [-0.4, -0.2) is 15.0 Å². The summed E-state index contributed by atoms with van der Waals surface area (Å²) in [5.41, 5.74) is 23.5. The third kappa shape index (κ3) is 10.1. The minimum Gasteiger partial charge on any atom is -0.256 e. The van der Waals surface area contributed by atoms with Crippen LogP contribution in [0.1, 0.15) is 22.3 Å². The van der Waals surface area contributed by atoms with E-state index in [2.05, 4.69) is 222 Å². The molecule has 0 unspecified atom stereocenters. The summed E-state index contributed by atoms with van der Waals surface area (Å²) in [7, 11) is 0. The maximum atomic E-state index is 4.78. The molecule has 0 spiro atoms. The van der Waals surface area contributed by atoms with Gasteiger partial charge in [-0.15, -0.1) is 0 Å². The first-order chi connectivity index (χ1) is 34.7. The first kappa shape index (κ1) is 43.8. The van der Waals surface area contributed by atoms with Crippen molar-refractivity contribution in [3.63, 3.8) is 0 Å². The molecule has 11 rings (SSSR count). The average molecular weight is 898 g/mol. The van der Waals surface area contributed by atoms with E-state index in [-0.39, 0.29) is 0 Å². The monoisotopic (exact) mass is 897 g/mol. The Bertz CT molecular complexity index is 3370. The van der Waals surface area contributed by atoms with Crippen molar-refractivity contribution in [1.82, 2.24) is 15.0 Å². The lowest BCUT2D eigenvalue weighted by Gasteiger charge is -2.18. The maximum Gasteiger partial charge on any atom is 0.0702 e. The number of nitrogens with zero attached hydrogens (tertiary/aromatic N) is 3. The van der Waals surface area contributed by atoms with Gasteiger partial charge in [-0.2, -0.15) is 0 Å². The molecular weight excluding hydrogens is 847 g/mol. The third-order valence-electron chi connectivity index (χ3n) is 13.3. The number of hydrogen-bond acceptors (Lipinski definition) is 3. The SMILES string of the molecule is c1ccc(-c2ccc(-c3cccc(-c4cc(-c5ccccn5)ccc4-c4ccccc4-c4cc(CCc5ccc(-c6ccccn6)cc5)cc(CCc5ccc(-c6ccccn6)cc5)c4)c3)cc2)cc1. The molecule has 334 valence electrons. The minimum absolute atomic E-state index is 0.924. The molecule has 0 amide bonds. The molecule has 0 bridgehead atoms. The van der Waals surface area contributed by atoms with Crippen molar-refractivity contribution in [2.24, 2.45) is 0 Å². The molecule has 3 heteroatoms. The Morgan fingerprint density at radius 2 is 0.614 bits per heavy atom. The fraction of sp³-hybridized carbons (Fsp3) is 0.0597. The van der Waals surface area contributed by atoms with Crippen LogP contribution < -0.4 is 0 Å². The molecule has 11 aromatic rings. The summed E-state index contributed by atoms with van der Waals surface area (Å²) >= 11 is 0. The van der Waals surface area contributed by atoms with Crippen molar-refractivity contribution in [1.29, 1.82) is 0 Å². The second-order valence-electron chi connectivity index (χ2n) is 17.9. The van der Waals surface area contributed by atoms with E-state index in [1.54, 1.807) is 0 Å². The van der Waals surface area contributed by atoms with Gasteiger partial charge in [-0.1, -0.05) is 194 Å². The zero-order chi connectivity index (χ0) is 46.9. The molecule has 0 radical (unpaired) electrons. The molecule has 3 aromatic heterocycles. The van der Waals surface area contributed by atoms with E-state index in [9.17, 15) is 0 Å². The van der Waals surface area contributed by atoms with Gasteiger partial charge in [0.05, 0.1) is 17.1 Å². The summed E-state index contributed by atoms with van der Waals surface area (Å²) in [5, 5.41) is 0. The highest BCUT2D eigenvalue weighted by Crippen LogP contribution is 2.42. The highest BCUT2D eigenvalue weighted by Gasteiger charge is 2.17. The lowest BCUT2D eigenvalue weighted by Crippen LogP contribution is -1.98. The molecule has 0 aliphatic heterocycles. The zero-order valence-electron chi connectivity index (χ0n) is 39.0. The third-order valence-corrected chi connectivity index (χ3v) is 13.3. The van der Waals surface area contributed by atoms with Crippen LogP contribution in [0.5, 0.6) is 0 Å². The molecule has 0 saturated heterocycles. The Balaban J connectivity index is 0.958. The van der Waals surface area contributed by atoms with Crippen molar-refractivity contribution in [3.05, 3.63) is 283 Å². The van der Waals surface area contributed by atoms with Crippen LogP contribution in [0.15, 0.2) is 261 Å². The molecule has 3 nitrogen and oxygen atoms in total. The fourth-order valence-corrected chi connectivity index (χ4v) is 9.57. The topological polar surface area (TPSA) is 38.7 Å². The second kappa shape index (κ2) is 20.6. The molecule has 0 fully saturated rings. The van der Waals surface area contributed by atoms with Crippen LogP contribution in [0, 0.1) is 0 Å². The second-order valence-corrected chi connectivity index (χ2v) is 17.9. The van der Waals surface area contributed by atoms with Crippen molar-refractivity contribution in [3.8, 4) is 89.4 Å². The Labute approximate surface area is 411 Å². The molecule has 0 aliphatic rings. The van der Waals surface area contributed by atoms with Crippen LogP contribution in [0.25, 0.3) is 89.4 Å². The number of hydrogen-bond donors (Lipinski definition) is 0. The Morgan fingerprint density at radius 1 is 0.200 bits per heavy atom. The van der Waals surface area contributed by atoms with Gasteiger partial charge in [0, 0.05) is 35.3 Å². The summed E-state index contributed by atoms with van der Waals surface area (Å²) in [4.78, 5) is 13.9. The largest absolute Gasteiger partial charge is 0.256 e. The Hall–Kier alpha value is -8.79. The summed E-state index contributed by atoms with van der Waals surface area (Å²) in [5.74, 6) is 0. The highest BCUT2D eigenvalue weighted by molar-refractivity contribution is 5.94. The van der Waals surface area contributed by atoms with Gasteiger partial charge in [-0.3, -0.25) is 15.0 Å². The molecule has 3 heterocycles. The molecule has 0 N–H and O–H groups in total. The Kier molecular flexibility index (Phi) is 12.9. The van der Waals surface area contributed by atoms with Crippen LogP contribution in [0.4, 0.5) is 0 Å². The van der Waals surface area contributed by atoms with Gasteiger partial charge in [0.2, 0.25) is 0 Å². The van der Waals surface area contributed by atoms with E-state index in [0.717, 1.165) is 70.6 Å². The van der Waals surface area contributed by atoms with E-state index >= 15 is 0 Å². The van der Waals surface area contributed by atoms with Gasteiger partial charge in [0.25, 0.3) is 0 Å². The van der Waals surface area contributed by atoms with Crippen molar-refractivity contribution in [2.45, 2.75) is 25.7 Å². The molecule has 70 heavy (non-hydrogen) atoms. The number of rotatable bonds is 14. The lowest BCUT2D eigenvalue weighted by molar-refractivity contribution is 0.931. The first-order valence-electron chi connectivity index (χ1n) is 24.2. The molecule has 0 saturated carbocycles. The van der Waals surface area contributed by atoms with Crippen molar-refractivity contribution >= 4 is 0 Å². The van der Waals surface area contributed by atoms with Crippen molar-refractivity contribution < 1.29 is 0 Å². The fourth-order valence-electron chi connectivity index (χ4n) is 9.57. The molecule has 0 atom stereocenters. The van der Waals surface area contributed by atoms with E-state index in [1.165, 1.54) is 66.8 Å². The number of aryl methyl sites for hydroxylation is 4. The summed E-state index contributed by atoms with van der Waals surface area (Å²) < 4.78 is 0. The zero-order valence-corrected chi connectivity index (χ0v) is 39.0. The normalized spacial score (nSPS) is 11.1. The maximum absolute atomic E-state index is 4.78. The van der Waals surface area contributed by atoms with E-state index in [4.69, 9.17) is 4.98 Å². The van der Waals surface area contributed by atoms with Crippen LogP contribution in [-0.2, 0) is 25.7 Å². The van der Waals surface area contributed by atoms with Gasteiger partial charge in [-0.05, 0) is 152 Å². The van der Waals surface area contributed by atoms with Gasteiger partial charge in [-0.25, -0.2) is 0 Å². The standard InChI is InChI=1S/C67H51N3/c1-2-13-52(14-3-1)53-34-36-54(37-35-53)57-15-12-16-58(46-57)64-47-59(67-21-8-11-42-70-67)38-39-63(64)62-18-5-4-17-61(62)60-44-50(24-22-48-26-30-55(31-27-48)65-19-6-9-40-68-65)43-51(45-60)25-23-49-28-32-56(33-29-49)66-20-7-10-41-69-66/h1-21,26-47H,22-25H2. The molecular formula is C67H51N3. The lowest BCUT2D eigenvalue weighted by atomic mass is 9.86. The average Bonchev–Trinajstić information content (AvgIpc) is 3.45. The predicted octanol–water partition coefficient (Wildman–Crippen LogP) is 16.8. The molecule has 0 aliphatic carbocycles. The smallest absolute Gasteiger partial charge is 0.0702 e. The Morgan fingerprint density at radius 3 is 1.17 bits per heavy atom. The summed E-state index contributed by atoms with van der Waals surface area (Å²) in [6.45, 7) is 0. The minimum atomic E-state index is 0.924. The quantitative estimate of drug-likeness (QED) is 0.109. The van der Waals surface area contributed by atoms with Gasteiger partial charge >= 0.3 is 0 Å². The summed E-state index contributed by atoms with van der Waals surface area (Å²) in [6.07, 6.45) is 9.30. The van der Waals surface area contributed by atoms with Crippen LogP contribution in [0.3, 0.4) is 0 Å². The predicted molar refractivity (Wildman–Crippen MR) is 291 cm³/mol. The number of benzene rings is 8. The molecule has 8 aromatic carbocycles. The van der Waals surface area contributed by atoms with Crippen LogP contribution >= 0.6 is 0 Å². The highest BCUT2D eigenvalue weighted by atomic mass is 14.7. The number of aromatic nitrogens is 3. The van der Waals surface area contributed by atoms with Crippen molar-refractivity contribution in [2.75, 3.05) is 0 Å². The van der Waals surface area contributed by atoms with E-state index < -0.39 is 0 Å². The summed E-state index contributed by atoms with van der Waals surface area (Å²) in [6, 6.07) is 87.6. The van der Waals surface area contributed by atoms with E-state index in [0.29, 0.717) is 0 Å². The van der Waals surface area contributed by atoms with Gasteiger partial charge < -0.3 is 0 Å². The first-order valence-corrected chi connectivity index (χ1v) is 24.2. The van der Waals surface area contributed by atoms with Gasteiger partial charge in [0.15, 0.2) is 0 Å². The van der Waals surface area contributed by atoms with E-state index in [1.807, 2.05) is 48.9 Å².